The normalized spacial score (nSPS) is 18.3. The summed E-state index contributed by atoms with van der Waals surface area (Å²) in [6.07, 6.45) is 1.95. The van der Waals surface area contributed by atoms with Gasteiger partial charge < -0.3 is 10.1 Å². The molecule has 2 N–H and O–H groups in total. The highest BCUT2D eigenvalue weighted by atomic mass is 35.5. The van der Waals surface area contributed by atoms with E-state index in [0.29, 0.717) is 18.2 Å². The number of methoxy groups -OCH3 is 1. The summed E-state index contributed by atoms with van der Waals surface area (Å²) < 4.78 is 31.9. The van der Waals surface area contributed by atoms with Crippen LogP contribution in [0.4, 0.5) is 0 Å². The molecule has 1 fully saturated rings. The molecule has 0 radical (unpaired) electrons. The average Bonchev–Trinajstić information content (AvgIpc) is 2.91. The zero-order valence-electron chi connectivity index (χ0n) is 11.8. The molecule has 0 aromatic heterocycles. The third kappa shape index (κ3) is 5.00. The van der Waals surface area contributed by atoms with E-state index in [2.05, 4.69) is 10.0 Å². The maximum atomic E-state index is 12.1. The Morgan fingerprint density at radius 2 is 2.24 bits per heavy atom. The first-order valence-corrected chi connectivity index (χ1v) is 8.43. The molecule has 1 aliphatic rings. The molecule has 1 aliphatic heterocycles. The smallest absolute Gasteiger partial charge is 0.240 e. The van der Waals surface area contributed by atoms with Gasteiger partial charge in [-0.1, -0.05) is 11.6 Å². The maximum absolute atomic E-state index is 12.1. The van der Waals surface area contributed by atoms with E-state index < -0.39 is 10.0 Å². The molecule has 1 saturated heterocycles. The third-order valence-electron chi connectivity index (χ3n) is 3.44. The number of ether oxygens (including phenoxy) is 1. The molecule has 2 rings (SSSR count). The molecular weight excluding hydrogens is 335 g/mol. The van der Waals surface area contributed by atoms with Gasteiger partial charge in [-0.25, -0.2) is 13.1 Å². The lowest BCUT2D eigenvalue weighted by Gasteiger charge is -2.11. The van der Waals surface area contributed by atoms with E-state index in [-0.39, 0.29) is 22.3 Å². The van der Waals surface area contributed by atoms with Crippen LogP contribution in [0.1, 0.15) is 12.8 Å². The molecule has 1 atom stereocenters. The van der Waals surface area contributed by atoms with Crippen LogP contribution in [0, 0.1) is 5.92 Å². The van der Waals surface area contributed by atoms with Crippen molar-refractivity contribution in [3.8, 4) is 5.75 Å². The second-order valence-electron chi connectivity index (χ2n) is 4.84. The van der Waals surface area contributed by atoms with Gasteiger partial charge in [-0.05, 0) is 50.0 Å². The number of sulfonamides is 1. The molecule has 0 bridgehead atoms. The summed E-state index contributed by atoms with van der Waals surface area (Å²) >= 11 is 5.95. The molecule has 8 heteroatoms. The number of rotatable bonds is 6. The lowest BCUT2D eigenvalue weighted by atomic mass is 10.1. The van der Waals surface area contributed by atoms with Crippen LogP contribution in [0.2, 0.25) is 5.02 Å². The van der Waals surface area contributed by atoms with Gasteiger partial charge in [-0.15, -0.1) is 12.4 Å². The Balaban J connectivity index is 0.00000220. The van der Waals surface area contributed by atoms with Crippen molar-refractivity contribution < 1.29 is 13.2 Å². The zero-order chi connectivity index (χ0) is 14.6. The number of nitrogens with one attached hydrogen (secondary N) is 2. The van der Waals surface area contributed by atoms with Gasteiger partial charge in [-0.3, -0.25) is 0 Å². The van der Waals surface area contributed by atoms with Crippen molar-refractivity contribution in [3.63, 3.8) is 0 Å². The van der Waals surface area contributed by atoms with E-state index in [1.54, 1.807) is 6.07 Å². The molecule has 1 aromatic rings. The summed E-state index contributed by atoms with van der Waals surface area (Å²) in [5.74, 6) is 1.01. The summed E-state index contributed by atoms with van der Waals surface area (Å²) in [7, 11) is -2.02. The van der Waals surface area contributed by atoms with Gasteiger partial charge in [0.2, 0.25) is 10.0 Å². The van der Waals surface area contributed by atoms with E-state index in [4.69, 9.17) is 16.3 Å². The molecule has 0 saturated carbocycles. The van der Waals surface area contributed by atoms with Crippen LogP contribution in [0.15, 0.2) is 23.1 Å². The van der Waals surface area contributed by atoms with Gasteiger partial charge >= 0.3 is 0 Å². The molecular formula is C13H20Cl2N2O3S. The van der Waals surface area contributed by atoms with Crippen molar-refractivity contribution in [3.05, 3.63) is 23.2 Å². The second-order valence-corrected chi connectivity index (χ2v) is 7.02. The molecule has 120 valence electrons. The average molecular weight is 355 g/mol. The monoisotopic (exact) mass is 354 g/mol. The fraction of sp³-hybridized carbons (Fsp3) is 0.538. The van der Waals surface area contributed by atoms with Crippen LogP contribution >= 0.6 is 24.0 Å². The van der Waals surface area contributed by atoms with E-state index in [9.17, 15) is 8.42 Å². The first-order chi connectivity index (χ1) is 9.53. The standard InChI is InChI=1S/C13H19ClN2O3S.ClH/c1-19-13-3-2-11(8-12(13)14)20(17,18)16-7-5-10-4-6-15-9-10;/h2-3,8,10,15-16H,4-7,9H2,1H3;1H. The number of benzene rings is 1. The van der Waals surface area contributed by atoms with Crippen LogP contribution in [-0.4, -0.2) is 35.2 Å². The van der Waals surface area contributed by atoms with Crippen LogP contribution in [0.3, 0.4) is 0 Å². The molecule has 1 aromatic carbocycles. The minimum absolute atomic E-state index is 0. The molecule has 0 amide bonds. The van der Waals surface area contributed by atoms with Crippen LogP contribution in [0.25, 0.3) is 0 Å². The highest BCUT2D eigenvalue weighted by Crippen LogP contribution is 2.26. The summed E-state index contributed by atoms with van der Waals surface area (Å²) in [4.78, 5) is 0.160. The Labute approximate surface area is 136 Å². The maximum Gasteiger partial charge on any atom is 0.240 e. The molecule has 0 spiro atoms. The predicted molar refractivity (Wildman–Crippen MR) is 86.0 cm³/mol. The van der Waals surface area contributed by atoms with E-state index >= 15 is 0 Å². The summed E-state index contributed by atoms with van der Waals surface area (Å²) in [5, 5.41) is 3.55. The van der Waals surface area contributed by atoms with Gasteiger partial charge in [0.15, 0.2) is 0 Å². The Bertz CT molecular complexity index is 561. The van der Waals surface area contributed by atoms with E-state index in [1.807, 2.05) is 0 Å². The summed E-state index contributed by atoms with van der Waals surface area (Å²) in [6, 6.07) is 4.45. The van der Waals surface area contributed by atoms with Crippen molar-refractivity contribution in [2.75, 3.05) is 26.7 Å². The van der Waals surface area contributed by atoms with Crippen LogP contribution < -0.4 is 14.8 Å². The van der Waals surface area contributed by atoms with Crippen molar-refractivity contribution in [1.29, 1.82) is 0 Å². The number of halogens is 2. The third-order valence-corrected chi connectivity index (χ3v) is 5.19. The molecule has 1 unspecified atom stereocenters. The summed E-state index contributed by atoms with van der Waals surface area (Å²) in [6.45, 7) is 2.43. The van der Waals surface area contributed by atoms with Crippen molar-refractivity contribution in [2.24, 2.45) is 5.92 Å². The van der Waals surface area contributed by atoms with Crippen molar-refractivity contribution in [1.82, 2.24) is 10.0 Å². The molecule has 21 heavy (non-hydrogen) atoms. The van der Waals surface area contributed by atoms with Crippen molar-refractivity contribution in [2.45, 2.75) is 17.7 Å². The van der Waals surface area contributed by atoms with Gasteiger partial charge in [0, 0.05) is 6.54 Å². The quantitative estimate of drug-likeness (QED) is 0.820. The lowest BCUT2D eigenvalue weighted by molar-refractivity contribution is 0.414. The van der Waals surface area contributed by atoms with Crippen LogP contribution in [0.5, 0.6) is 5.75 Å². The molecule has 1 heterocycles. The number of hydrogen-bond donors (Lipinski definition) is 2. The van der Waals surface area contributed by atoms with Crippen LogP contribution in [-0.2, 0) is 10.0 Å². The number of hydrogen-bond acceptors (Lipinski definition) is 4. The summed E-state index contributed by atoms with van der Waals surface area (Å²) in [5.41, 5.74) is 0. The van der Waals surface area contributed by atoms with E-state index in [0.717, 1.165) is 25.9 Å². The largest absolute Gasteiger partial charge is 0.495 e. The van der Waals surface area contributed by atoms with Gasteiger partial charge in [0.05, 0.1) is 17.0 Å². The first-order valence-electron chi connectivity index (χ1n) is 6.57. The topological polar surface area (TPSA) is 67.4 Å². The second kappa shape index (κ2) is 8.19. The van der Waals surface area contributed by atoms with Gasteiger partial charge in [0.25, 0.3) is 0 Å². The lowest BCUT2D eigenvalue weighted by Crippen LogP contribution is -2.26. The predicted octanol–water partition coefficient (Wildman–Crippen LogP) is 2.05. The van der Waals surface area contributed by atoms with E-state index in [1.165, 1.54) is 19.2 Å². The van der Waals surface area contributed by atoms with Gasteiger partial charge in [-0.2, -0.15) is 0 Å². The molecule has 0 aliphatic carbocycles. The van der Waals surface area contributed by atoms with Crippen molar-refractivity contribution >= 4 is 34.0 Å². The Kier molecular flexibility index (Phi) is 7.23. The van der Waals surface area contributed by atoms with Gasteiger partial charge in [0.1, 0.15) is 5.75 Å². The fourth-order valence-corrected chi connectivity index (χ4v) is 3.65. The Morgan fingerprint density at radius 3 is 2.81 bits per heavy atom. The molecule has 5 nitrogen and oxygen atoms in total. The Hall–Kier alpha value is -0.530. The Morgan fingerprint density at radius 1 is 1.48 bits per heavy atom. The zero-order valence-corrected chi connectivity index (χ0v) is 14.2. The SMILES string of the molecule is COc1ccc(S(=O)(=O)NCCC2CCNC2)cc1Cl.Cl. The minimum atomic E-state index is -3.51. The first kappa shape index (κ1) is 18.5. The fourth-order valence-electron chi connectivity index (χ4n) is 2.26. The highest BCUT2D eigenvalue weighted by Gasteiger charge is 2.18. The minimum Gasteiger partial charge on any atom is -0.495 e. The highest BCUT2D eigenvalue weighted by molar-refractivity contribution is 7.89.